The summed E-state index contributed by atoms with van der Waals surface area (Å²) >= 11 is 0. The van der Waals surface area contributed by atoms with Crippen LogP contribution >= 0.6 is 0 Å². The third kappa shape index (κ3) is 5.45. The second-order valence-electron chi connectivity index (χ2n) is 2.52. The highest BCUT2D eigenvalue weighted by molar-refractivity contribution is 7.86. The molecule has 0 spiro atoms. The van der Waals surface area contributed by atoms with Gasteiger partial charge in [-0.2, -0.15) is 21.6 Å². The van der Waals surface area contributed by atoms with Crippen molar-refractivity contribution in [3.05, 3.63) is 29.8 Å². The highest BCUT2D eigenvalue weighted by Crippen LogP contribution is 2.20. The van der Waals surface area contributed by atoms with Crippen molar-refractivity contribution >= 4 is 10.1 Å². The number of halogens is 5. The van der Waals surface area contributed by atoms with E-state index in [-0.39, 0.29) is 0 Å². The molecule has 2 N–H and O–H groups in total. The summed E-state index contributed by atoms with van der Waals surface area (Å²) in [6, 6.07) is 2.57. The number of rotatable bonds is 0. The lowest BCUT2D eigenvalue weighted by Crippen LogP contribution is -2.21. The molecule has 0 radical (unpaired) electrons. The summed E-state index contributed by atoms with van der Waals surface area (Å²) < 4.78 is 81.6. The molecule has 0 amide bonds. The van der Waals surface area contributed by atoms with Crippen LogP contribution in [0.4, 0.5) is 22.0 Å². The van der Waals surface area contributed by atoms with Gasteiger partial charge in [0.2, 0.25) is 0 Å². The predicted molar refractivity (Wildman–Crippen MR) is 45.6 cm³/mol. The van der Waals surface area contributed by atoms with Crippen LogP contribution in [0.5, 0.6) is 5.75 Å². The third-order valence-corrected chi connectivity index (χ3v) is 1.79. The third-order valence-electron chi connectivity index (χ3n) is 1.20. The van der Waals surface area contributed by atoms with Gasteiger partial charge < -0.3 is 5.11 Å². The Hall–Kier alpha value is -1.42. The van der Waals surface area contributed by atoms with Crippen molar-refractivity contribution in [1.82, 2.24) is 0 Å². The minimum absolute atomic E-state index is 0.531. The lowest BCUT2D eigenvalue weighted by atomic mass is 10.3. The summed E-state index contributed by atoms with van der Waals surface area (Å²) in [6.07, 6.45) is 0. The largest absolute Gasteiger partial charge is 0.522 e. The quantitative estimate of drug-likeness (QED) is 0.433. The van der Waals surface area contributed by atoms with Gasteiger partial charge in [-0.15, -0.1) is 0 Å². The van der Waals surface area contributed by atoms with Crippen molar-refractivity contribution in [3.63, 3.8) is 0 Å². The number of hydrogen-bond donors (Lipinski definition) is 2. The summed E-state index contributed by atoms with van der Waals surface area (Å²) in [5.41, 5.74) is -5.53. The van der Waals surface area contributed by atoms with E-state index in [1.807, 2.05) is 0 Å². The lowest BCUT2D eigenvalue weighted by molar-refractivity contribution is -0.0510. The highest BCUT2D eigenvalue weighted by Gasteiger charge is 2.44. The molecule has 98 valence electrons. The Bertz CT molecular complexity index is 482. The number of aromatic hydroxyl groups is 1. The second-order valence-corrected chi connectivity index (χ2v) is 3.93. The zero-order chi connectivity index (χ0) is 13.9. The van der Waals surface area contributed by atoms with Crippen LogP contribution in [0.25, 0.3) is 0 Å². The van der Waals surface area contributed by atoms with Crippen LogP contribution in [-0.4, -0.2) is 23.6 Å². The fourth-order valence-electron chi connectivity index (χ4n) is 0.481. The Morgan fingerprint density at radius 2 is 1.53 bits per heavy atom. The lowest BCUT2D eigenvalue weighted by Gasteiger charge is -1.97. The summed E-state index contributed by atoms with van der Waals surface area (Å²) in [5.74, 6) is -2.16. The Kier molecular flexibility index (Phi) is 4.83. The van der Waals surface area contributed by atoms with E-state index in [4.69, 9.17) is 18.1 Å². The highest BCUT2D eigenvalue weighted by atomic mass is 32.2. The first-order valence-corrected chi connectivity index (χ1v) is 5.07. The minimum Gasteiger partial charge on any atom is -0.505 e. The van der Waals surface area contributed by atoms with Crippen LogP contribution in [0, 0.1) is 11.6 Å². The van der Waals surface area contributed by atoms with Gasteiger partial charge in [-0.05, 0) is 12.1 Å². The smallest absolute Gasteiger partial charge is 0.505 e. The van der Waals surface area contributed by atoms with Crippen LogP contribution in [0.1, 0.15) is 0 Å². The van der Waals surface area contributed by atoms with Crippen molar-refractivity contribution in [2.75, 3.05) is 0 Å². The van der Waals surface area contributed by atoms with Gasteiger partial charge in [-0.1, -0.05) is 0 Å². The van der Waals surface area contributed by atoms with E-state index in [0.29, 0.717) is 6.07 Å². The maximum atomic E-state index is 12.1. The monoisotopic (exact) mass is 280 g/mol. The zero-order valence-corrected chi connectivity index (χ0v) is 8.56. The molecule has 0 saturated heterocycles. The van der Waals surface area contributed by atoms with Crippen LogP contribution in [-0.2, 0) is 10.1 Å². The SMILES string of the molecule is O=S(=O)(O)C(F)(F)F.Oc1ccc(F)cc1F. The van der Waals surface area contributed by atoms with Crippen molar-refractivity contribution in [2.24, 2.45) is 0 Å². The molecule has 1 aromatic rings. The molecule has 4 nitrogen and oxygen atoms in total. The molecule has 0 aliphatic carbocycles. The Morgan fingerprint density at radius 1 is 1.12 bits per heavy atom. The molecule has 1 rings (SSSR count). The van der Waals surface area contributed by atoms with Crippen molar-refractivity contribution in [3.8, 4) is 5.75 Å². The van der Waals surface area contributed by atoms with Crippen LogP contribution in [0.2, 0.25) is 0 Å². The average Bonchev–Trinajstić information content (AvgIpc) is 2.09. The molecule has 1 aromatic carbocycles. The maximum absolute atomic E-state index is 12.1. The Labute approximate surface area is 92.1 Å². The fourth-order valence-corrected chi connectivity index (χ4v) is 0.481. The molecular weight excluding hydrogens is 275 g/mol. The average molecular weight is 280 g/mol. The number of alkyl halides is 3. The van der Waals surface area contributed by atoms with Crippen molar-refractivity contribution < 1.29 is 40.0 Å². The number of phenols is 1. The van der Waals surface area contributed by atoms with E-state index in [9.17, 15) is 22.0 Å². The van der Waals surface area contributed by atoms with Gasteiger partial charge in [0.05, 0.1) is 0 Å². The normalized spacial score (nSPS) is 11.6. The molecule has 0 aromatic heterocycles. The molecule has 0 aliphatic heterocycles. The summed E-state index contributed by atoms with van der Waals surface area (Å²) in [6.45, 7) is 0. The molecule has 17 heavy (non-hydrogen) atoms. The first-order valence-electron chi connectivity index (χ1n) is 3.63. The van der Waals surface area contributed by atoms with Gasteiger partial charge in [0.25, 0.3) is 0 Å². The number of hydrogen-bond acceptors (Lipinski definition) is 3. The standard InChI is InChI=1S/C6H4F2O.CHF3O3S/c7-4-1-2-6(9)5(8)3-4;2-1(3,4)8(5,6)7/h1-3,9H;(H,5,6,7). The molecule has 0 heterocycles. The summed E-state index contributed by atoms with van der Waals surface area (Å²) in [5, 5.41) is 8.50. The van der Waals surface area contributed by atoms with E-state index < -0.39 is 33.0 Å². The zero-order valence-electron chi connectivity index (χ0n) is 7.74. The van der Waals surface area contributed by atoms with E-state index in [2.05, 4.69) is 0 Å². The fraction of sp³-hybridized carbons (Fsp3) is 0.143. The Balaban J connectivity index is 0.000000304. The molecule has 0 unspecified atom stereocenters. The van der Waals surface area contributed by atoms with Crippen molar-refractivity contribution in [2.45, 2.75) is 5.51 Å². The predicted octanol–water partition coefficient (Wildman–Crippen LogP) is 2.06. The van der Waals surface area contributed by atoms with E-state index in [1.54, 1.807) is 0 Å². The van der Waals surface area contributed by atoms with Crippen LogP contribution in [0.15, 0.2) is 18.2 Å². The van der Waals surface area contributed by atoms with Crippen LogP contribution in [0.3, 0.4) is 0 Å². The topological polar surface area (TPSA) is 74.6 Å². The minimum atomic E-state index is -5.84. The molecule has 0 saturated carbocycles. The van der Waals surface area contributed by atoms with Crippen molar-refractivity contribution in [1.29, 1.82) is 0 Å². The van der Waals surface area contributed by atoms with E-state index >= 15 is 0 Å². The van der Waals surface area contributed by atoms with Gasteiger partial charge in [-0.25, -0.2) is 8.78 Å². The molecule has 0 bridgehead atoms. The molecular formula is C7H5F5O4S. The molecule has 0 atom stereocenters. The summed E-state index contributed by atoms with van der Waals surface area (Å²) in [7, 11) is -5.84. The van der Waals surface area contributed by atoms with Gasteiger partial charge >= 0.3 is 15.6 Å². The van der Waals surface area contributed by atoms with E-state index in [0.717, 1.165) is 12.1 Å². The van der Waals surface area contributed by atoms with Gasteiger partial charge in [0, 0.05) is 6.07 Å². The number of phenolic OH excluding ortho intramolecular Hbond substituents is 1. The second kappa shape index (κ2) is 5.27. The van der Waals surface area contributed by atoms with E-state index in [1.165, 1.54) is 0 Å². The number of benzene rings is 1. The van der Waals surface area contributed by atoms with Gasteiger partial charge in [0.15, 0.2) is 11.6 Å². The maximum Gasteiger partial charge on any atom is 0.522 e. The summed E-state index contributed by atoms with van der Waals surface area (Å²) in [4.78, 5) is 0. The first kappa shape index (κ1) is 15.6. The van der Waals surface area contributed by atoms with Crippen LogP contribution < -0.4 is 0 Å². The molecule has 0 fully saturated rings. The molecule has 0 aliphatic rings. The molecule has 10 heteroatoms. The van der Waals surface area contributed by atoms with Gasteiger partial charge in [-0.3, -0.25) is 4.55 Å². The Morgan fingerprint density at radius 3 is 1.76 bits per heavy atom. The van der Waals surface area contributed by atoms with Gasteiger partial charge in [0.1, 0.15) is 5.82 Å². The first-order chi connectivity index (χ1) is 7.45.